The molecule has 16 nitrogen and oxygen atoms in total. The number of pyridine rings is 4. The van der Waals surface area contributed by atoms with E-state index in [4.69, 9.17) is 29.4 Å². The number of fused-ring (bicyclic) bond motifs is 2. The lowest BCUT2D eigenvalue weighted by atomic mass is 10.1. The van der Waals surface area contributed by atoms with E-state index in [0.717, 1.165) is 34.3 Å². The lowest BCUT2D eigenvalue weighted by molar-refractivity contribution is -0.138. The maximum absolute atomic E-state index is 15.4. The smallest absolute Gasteiger partial charge is 0.418 e. The van der Waals surface area contributed by atoms with Crippen LogP contribution in [0.3, 0.4) is 0 Å². The Bertz CT molecular complexity index is 2990. The van der Waals surface area contributed by atoms with Crippen molar-refractivity contribution in [3.05, 3.63) is 121 Å². The Morgan fingerprint density at radius 2 is 0.929 bits per heavy atom. The largest absolute Gasteiger partial charge is 0.494 e. The number of nitrogens with one attached hydrogen (secondary N) is 2. The quantitative estimate of drug-likeness (QED) is 0.0942. The highest BCUT2D eigenvalue weighted by molar-refractivity contribution is 5.97. The summed E-state index contributed by atoms with van der Waals surface area (Å²) >= 11 is 0. The Hall–Kier alpha value is -7.98. The first-order valence-electron chi connectivity index (χ1n) is 22.1. The molecule has 2 aliphatic rings. The number of ether oxygens (including phenoxy) is 2. The molecule has 358 valence electrons. The van der Waals surface area contributed by atoms with E-state index >= 15 is 26.3 Å². The Morgan fingerprint density at radius 1 is 0.529 bits per heavy atom. The highest BCUT2D eigenvalue weighted by Crippen LogP contribution is 2.47. The van der Waals surface area contributed by atoms with Gasteiger partial charge in [0, 0.05) is 75.9 Å². The third kappa shape index (κ3) is 8.81. The lowest BCUT2D eigenvalue weighted by Gasteiger charge is -2.39. The van der Waals surface area contributed by atoms with E-state index in [1.807, 2.05) is 0 Å². The fourth-order valence-corrected chi connectivity index (χ4v) is 8.66. The summed E-state index contributed by atoms with van der Waals surface area (Å²) in [6.07, 6.45) is -1.13. The maximum atomic E-state index is 15.4. The summed E-state index contributed by atoms with van der Waals surface area (Å²) in [4.78, 5) is 41.6. The van der Waals surface area contributed by atoms with Crippen molar-refractivity contribution in [1.29, 1.82) is 0 Å². The van der Waals surface area contributed by atoms with Gasteiger partial charge in [-0.1, -0.05) is 24.3 Å². The van der Waals surface area contributed by atoms with Gasteiger partial charge in [0.2, 0.25) is 0 Å². The topological polar surface area (TPSA) is 159 Å². The molecule has 2 saturated heterocycles. The molecular weight excluding hydrogens is 919 g/mol. The van der Waals surface area contributed by atoms with Crippen LogP contribution in [0.1, 0.15) is 11.1 Å². The highest BCUT2D eigenvalue weighted by atomic mass is 19.4. The predicted molar refractivity (Wildman–Crippen MR) is 252 cm³/mol. The maximum Gasteiger partial charge on any atom is 0.418 e. The minimum absolute atomic E-state index is 0.144. The molecule has 22 heteroatoms. The number of methoxy groups -OCH3 is 2. The van der Waals surface area contributed by atoms with Crippen LogP contribution in [0.2, 0.25) is 0 Å². The van der Waals surface area contributed by atoms with Crippen LogP contribution in [0.15, 0.2) is 110 Å². The molecule has 0 spiro atoms. The van der Waals surface area contributed by atoms with Crippen LogP contribution in [0.25, 0.3) is 44.6 Å². The van der Waals surface area contributed by atoms with E-state index in [9.17, 15) is 0 Å². The summed E-state index contributed by atoms with van der Waals surface area (Å²) in [6.45, 7) is 5.03. The van der Waals surface area contributed by atoms with Gasteiger partial charge in [-0.05, 0) is 48.5 Å². The zero-order valence-corrected chi connectivity index (χ0v) is 37.5. The minimum Gasteiger partial charge on any atom is -0.494 e. The number of benzene rings is 2. The van der Waals surface area contributed by atoms with Gasteiger partial charge in [0.15, 0.2) is 23.3 Å². The second-order valence-corrected chi connectivity index (χ2v) is 16.1. The molecule has 0 amide bonds. The Morgan fingerprint density at radius 3 is 1.31 bits per heavy atom. The van der Waals surface area contributed by atoms with Gasteiger partial charge in [0.25, 0.3) is 0 Å². The number of aromatic nitrogens is 8. The first-order valence-corrected chi connectivity index (χ1v) is 22.1. The van der Waals surface area contributed by atoms with Crippen molar-refractivity contribution in [2.75, 3.05) is 86.4 Å². The average Bonchev–Trinajstić information content (AvgIpc) is 3.39. The third-order valence-electron chi connectivity index (χ3n) is 11.9. The summed E-state index contributed by atoms with van der Waals surface area (Å²) in [5.74, 6) is 1.74. The SMILES string of the molecule is COc1cncc2nc(-c3ccnc(N(c4ccccc4C(F)(F)F)N(c4cc(-c5nc(N6CCNCC6)c6c(OC)cncc6n5)ccn4)c4ccccc4C(F)(F)F)c3)nc(N3CCNCC3)c12. The zero-order chi connectivity index (χ0) is 48.6. The summed E-state index contributed by atoms with van der Waals surface area (Å²) in [6, 6.07) is 15.1. The van der Waals surface area contributed by atoms with Crippen molar-refractivity contribution >= 4 is 56.5 Å². The Kier molecular flexibility index (Phi) is 12.3. The van der Waals surface area contributed by atoms with Gasteiger partial charge in [-0.3, -0.25) is 9.97 Å². The van der Waals surface area contributed by atoms with Crippen molar-refractivity contribution < 1.29 is 35.8 Å². The molecule has 0 aliphatic carbocycles. The van der Waals surface area contributed by atoms with Gasteiger partial charge < -0.3 is 29.9 Å². The van der Waals surface area contributed by atoms with Gasteiger partial charge in [-0.25, -0.2) is 39.9 Å². The molecule has 0 saturated carbocycles. The number of alkyl halides is 6. The molecule has 0 radical (unpaired) electrons. The van der Waals surface area contributed by atoms with E-state index in [1.54, 1.807) is 36.9 Å². The highest BCUT2D eigenvalue weighted by Gasteiger charge is 2.41. The normalized spacial score (nSPS) is 14.5. The number of piperazine rings is 2. The van der Waals surface area contributed by atoms with Crippen LogP contribution < -0.4 is 39.9 Å². The van der Waals surface area contributed by atoms with Crippen molar-refractivity contribution in [2.45, 2.75) is 12.4 Å². The predicted octanol–water partition coefficient (Wildman–Crippen LogP) is 8.25. The van der Waals surface area contributed by atoms with Crippen molar-refractivity contribution in [3.8, 4) is 34.3 Å². The molecule has 0 bridgehead atoms. The second-order valence-electron chi connectivity index (χ2n) is 16.1. The molecule has 6 aromatic heterocycles. The van der Waals surface area contributed by atoms with Gasteiger partial charge in [-0.15, -0.1) is 0 Å². The Balaban J connectivity index is 1.21. The molecule has 2 N–H and O–H groups in total. The second kappa shape index (κ2) is 18.8. The molecule has 0 unspecified atom stereocenters. The Labute approximate surface area is 396 Å². The molecule has 2 aromatic carbocycles. The van der Waals surface area contributed by atoms with Crippen molar-refractivity contribution in [2.24, 2.45) is 0 Å². The molecule has 8 heterocycles. The van der Waals surface area contributed by atoms with Crippen molar-refractivity contribution in [1.82, 2.24) is 50.5 Å². The monoisotopic (exact) mass is 960 g/mol. The molecule has 0 atom stereocenters. The number of para-hydroxylation sites is 2. The first kappa shape index (κ1) is 45.8. The molecule has 10 rings (SSSR count). The third-order valence-corrected chi connectivity index (χ3v) is 11.9. The van der Waals surface area contributed by atoms with Crippen LogP contribution in [0.5, 0.6) is 11.5 Å². The van der Waals surface area contributed by atoms with Crippen LogP contribution in [-0.4, -0.2) is 106 Å². The van der Waals surface area contributed by atoms with Gasteiger partial charge >= 0.3 is 12.4 Å². The van der Waals surface area contributed by atoms with Crippen molar-refractivity contribution in [3.63, 3.8) is 0 Å². The number of hydrogen-bond acceptors (Lipinski definition) is 16. The average molecular weight is 961 g/mol. The van der Waals surface area contributed by atoms with E-state index in [-0.39, 0.29) is 34.4 Å². The summed E-state index contributed by atoms with van der Waals surface area (Å²) in [5, 5.41) is 9.79. The number of nitrogens with zero attached hydrogens (tertiary/aromatic N) is 12. The van der Waals surface area contributed by atoms with E-state index in [2.05, 4.69) is 40.4 Å². The van der Waals surface area contributed by atoms with Crippen LogP contribution >= 0.6 is 0 Å². The zero-order valence-electron chi connectivity index (χ0n) is 37.5. The van der Waals surface area contributed by atoms with Gasteiger partial charge in [-0.2, -0.15) is 26.3 Å². The number of hydrazine groups is 1. The van der Waals surface area contributed by atoms with E-state index in [0.29, 0.717) is 97.3 Å². The number of anilines is 6. The van der Waals surface area contributed by atoms with Crippen LogP contribution in [0, 0.1) is 0 Å². The number of hydrogen-bond donors (Lipinski definition) is 2. The molecule has 8 aromatic rings. The molecule has 70 heavy (non-hydrogen) atoms. The fraction of sp³-hybridized carbons (Fsp3) is 0.250. The molecule has 2 fully saturated rings. The minimum atomic E-state index is -5.00. The van der Waals surface area contributed by atoms with Gasteiger partial charge in [0.05, 0.1) is 83.3 Å². The molecule has 2 aliphatic heterocycles. The standard InChI is InChI=1S/C48H42F6N14O2/c1-69-37-27-57-25-33-41(37)45(65-19-15-55-16-20-65)63-43(61-33)29-11-13-59-39(23-29)67(35-9-5-3-7-31(35)47(49,50)51)68(36-10-6-4-8-32(36)48(52,53)54)40-24-30(12-14-60-40)44-62-34-26-58-28-38(70-2)42(34)46(64-44)66-21-17-56-18-22-66/h3-14,23-28,55-56H,15-22H2,1-2H3. The van der Waals surface area contributed by atoms with Gasteiger partial charge in [0.1, 0.15) is 23.1 Å². The van der Waals surface area contributed by atoms with E-state index < -0.39 is 34.9 Å². The number of rotatable bonds is 11. The lowest BCUT2D eigenvalue weighted by Crippen LogP contribution is -2.44. The summed E-state index contributed by atoms with van der Waals surface area (Å²) in [5.41, 5.74) is -2.09. The van der Waals surface area contributed by atoms with Crippen LogP contribution in [0.4, 0.5) is 61.0 Å². The van der Waals surface area contributed by atoms with Crippen LogP contribution in [-0.2, 0) is 12.4 Å². The first-order chi connectivity index (χ1) is 33.9. The number of halogens is 6. The van der Waals surface area contributed by atoms with E-state index in [1.165, 1.54) is 63.0 Å². The molecular formula is C48H42F6N14O2. The fourth-order valence-electron chi connectivity index (χ4n) is 8.66. The summed E-state index contributed by atoms with van der Waals surface area (Å²) in [7, 11) is 3.02. The summed E-state index contributed by atoms with van der Waals surface area (Å²) < 4.78 is 103.